The molecule has 4 aromatic rings. The summed E-state index contributed by atoms with van der Waals surface area (Å²) in [7, 11) is 0. The monoisotopic (exact) mass is 488 g/mol. The number of carbonyl (C=O) groups excluding carboxylic acids is 1. The van der Waals surface area contributed by atoms with Crippen LogP contribution in [0, 0.1) is 6.92 Å². The fraction of sp³-hybridized carbons (Fsp3) is 0.407. The summed E-state index contributed by atoms with van der Waals surface area (Å²) in [5, 5.41) is 10.9. The van der Waals surface area contributed by atoms with Gasteiger partial charge in [0.05, 0.1) is 5.52 Å². The smallest absolute Gasteiger partial charge is 0.253 e. The van der Waals surface area contributed by atoms with Crippen molar-refractivity contribution < 1.29 is 4.79 Å². The number of aromatic nitrogens is 4. The maximum absolute atomic E-state index is 13.1. The van der Waals surface area contributed by atoms with Gasteiger partial charge in [-0.2, -0.15) is 0 Å². The molecule has 0 unspecified atom stereocenters. The van der Waals surface area contributed by atoms with E-state index in [1.807, 2.05) is 54.3 Å². The molecule has 1 saturated heterocycles. The Morgan fingerprint density at radius 1 is 0.971 bits per heavy atom. The summed E-state index contributed by atoms with van der Waals surface area (Å²) in [6.45, 7) is 4.71. The van der Waals surface area contributed by atoms with Gasteiger partial charge in [0.2, 0.25) is 5.95 Å². The quantitative estimate of drug-likeness (QED) is 0.394. The van der Waals surface area contributed by atoms with Gasteiger partial charge in [-0.25, -0.2) is 9.38 Å². The van der Waals surface area contributed by atoms with Crippen LogP contribution in [0.4, 0.5) is 5.95 Å². The number of piperazine rings is 1. The first-order valence-corrected chi connectivity index (χ1v) is 12.9. The van der Waals surface area contributed by atoms with E-state index >= 15 is 0 Å². The predicted octanol–water partition coefficient (Wildman–Crippen LogP) is 5.25. The van der Waals surface area contributed by atoms with Crippen LogP contribution >= 0.6 is 11.6 Å². The van der Waals surface area contributed by atoms with E-state index in [-0.39, 0.29) is 5.91 Å². The van der Waals surface area contributed by atoms with Gasteiger partial charge in [0.15, 0.2) is 5.65 Å². The van der Waals surface area contributed by atoms with Gasteiger partial charge in [0.1, 0.15) is 5.82 Å². The molecule has 2 aromatic heterocycles. The number of nitrogens with zero attached hydrogens (tertiary/aromatic N) is 6. The molecule has 2 fully saturated rings. The third kappa shape index (κ3) is 4.12. The molecular formula is C27H29ClN6O. The molecule has 2 aliphatic rings. The minimum atomic E-state index is 0.0870. The summed E-state index contributed by atoms with van der Waals surface area (Å²) in [5.74, 6) is 2.34. The first-order chi connectivity index (χ1) is 17.1. The molecule has 0 spiro atoms. The number of halogens is 1. The minimum absolute atomic E-state index is 0.0870. The Bertz CT molecular complexity index is 1400. The Kier molecular flexibility index (Phi) is 5.80. The van der Waals surface area contributed by atoms with Crippen LogP contribution in [0.1, 0.15) is 59.8 Å². The second kappa shape index (κ2) is 9.11. The lowest BCUT2D eigenvalue weighted by Crippen LogP contribution is -2.49. The zero-order valence-electron chi connectivity index (χ0n) is 20.0. The van der Waals surface area contributed by atoms with Crippen LogP contribution in [0.2, 0.25) is 5.02 Å². The normalized spacial score (nSPS) is 17.4. The molecule has 1 aliphatic heterocycles. The topological polar surface area (TPSA) is 66.6 Å². The first kappa shape index (κ1) is 22.3. The molecular weight excluding hydrogens is 460 g/mol. The number of aryl methyl sites for hydroxylation is 1. The molecule has 8 heteroatoms. The molecule has 6 rings (SSSR count). The third-order valence-electron chi connectivity index (χ3n) is 7.39. The van der Waals surface area contributed by atoms with E-state index in [1.165, 1.54) is 19.3 Å². The number of anilines is 1. The molecule has 3 heterocycles. The summed E-state index contributed by atoms with van der Waals surface area (Å²) in [4.78, 5) is 22.4. The fourth-order valence-electron chi connectivity index (χ4n) is 5.52. The van der Waals surface area contributed by atoms with E-state index in [1.54, 1.807) is 0 Å². The summed E-state index contributed by atoms with van der Waals surface area (Å²) in [6.07, 6.45) is 6.02. The Morgan fingerprint density at radius 2 is 1.77 bits per heavy atom. The highest BCUT2D eigenvalue weighted by atomic mass is 35.5. The number of hydrogen-bond acceptors (Lipinski definition) is 5. The van der Waals surface area contributed by atoms with Crippen LogP contribution in [-0.2, 0) is 0 Å². The Hall–Kier alpha value is -3.19. The number of fused-ring (bicyclic) bond motifs is 3. The van der Waals surface area contributed by atoms with E-state index in [4.69, 9.17) is 16.6 Å². The van der Waals surface area contributed by atoms with Gasteiger partial charge in [-0.15, -0.1) is 10.2 Å². The molecule has 1 amide bonds. The van der Waals surface area contributed by atoms with E-state index in [0.717, 1.165) is 52.3 Å². The maximum Gasteiger partial charge on any atom is 0.253 e. The van der Waals surface area contributed by atoms with Crippen molar-refractivity contribution >= 4 is 40.0 Å². The van der Waals surface area contributed by atoms with E-state index in [0.29, 0.717) is 37.1 Å². The van der Waals surface area contributed by atoms with Crippen molar-refractivity contribution in [3.63, 3.8) is 0 Å². The second-order valence-electron chi connectivity index (χ2n) is 9.77. The van der Waals surface area contributed by atoms with Gasteiger partial charge in [-0.1, -0.05) is 48.6 Å². The van der Waals surface area contributed by atoms with E-state index in [2.05, 4.69) is 19.5 Å². The number of hydrogen-bond donors (Lipinski definition) is 0. The van der Waals surface area contributed by atoms with Crippen LogP contribution < -0.4 is 4.90 Å². The van der Waals surface area contributed by atoms with Gasteiger partial charge in [-0.3, -0.25) is 4.79 Å². The van der Waals surface area contributed by atoms with Crippen LogP contribution in [0.3, 0.4) is 0 Å². The SMILES string of the molecule is Cc1cccc(C(=O)N2CCN(c3nc4cc(Cl)ccc4c4nnc(C5CCCCC5)n34)CC2)c1. The highest BCUT2D eigenvalue weighted by Gasteiger charge is 2.28. The number of amides is 1. The maximum atomic E-state index is 13.1. The van der Waals surface area contributed by atoms with Crippen molar-refractivity contribution in [2.45, 2.75) is 44.9 Å². The zero-order chi connectivity index (χ0) is 23.9. The average Bonchev–Trinajstić information content (AvgIpc) is 3.34. The molecule has 1 saturated carbocycles. The highest BCUT2D eigenvalue weighted by molar-refractivity contribution is 6.31. The zero-order valence-corrected chi connectivity index (χ0v) is 20.7. The Labute approximate surface area is 209 Å². The van der Waals surface area contributed by atoms with Crippen LogP contribution in [-0.4, -0.2) is 56.6 Å². The minimum Gasteiger partial charge on any atom is -0.338 e. The molecule has 1 aliphatic carbocycles. The number of carbonyl (C=O) groups is 1. The molecule has 0 N–H and O–H groups in total. The van der Waals surface area contributed by atoms with Gasteiger partial charge >= 0.3 is 0 Å². The summed E-state index contributed by atoms with van der Waals surface area (Å²) < 4.78 is 2.17. The van der Waals surface area contributed by atoms with Crippen molar-refractivity contribution in [1.82, 2.24) is 24.5 Å². The average molecular weight is 489 g/mol. The standard InChI is InChI=1S/C27H29ClN6O/c1-18-6-5-9-20(16-18)26(35)32-12-14-33(15-13-32)27-29-23-17-21(28)10-11-22(23)25-31-30-24(34(25)27)19-7-3-2-4-8-19/h5-6,9-11,16-17,19H,2-4,7-8,12-15H2,1H3. The third-order valence-corrected chi connectivity index (χ3v) is 7.63. The Balaban J connectivity index is 1.35. The summed E-state index contributed by atoms with van der Waals surface area (Å²) in [5.41, 5.74) is 3.50. The van der Waals surface area contributed by atoms with Gasteiger partial charge < -0.3 is 9.80 Å². The van der Waals surface area contributed by atoms with E-state index in [9.17, 15) is 4.79 Å². The predicted molar refractivity (Wildman–Crippen MR) is 138 cm³/mol. The fourth-order valence-corrected chi connectivity index (χ4v) is 5.69. The summed E-state index contributed by atoms with van der Waals surface area (Å²) in [6, 6.07) is 13.6. The van der Waals surface area contributed by atoms with Crippen molar-refractivity contribution in [1.29, 1.82) is 0 Å². The first-order valence-electron chi connectivity index (χ1n) is 12.5. The number of benzene rings is 2. The van der Waals surface area contributed by atoms with E-state index < -0.39 is 0 Å². The molecule has 180 valence electrons. The van der Waals surface area contributed by atoms with Gasteiger partial charge in [0, 0.05) is 48.1 Å². The lowest BCUT2D eigenvalue weighted by molar-refractivity contribution is 0.0746. The largest absolute Gasteiger partial charge is 0.338 e. The number of rotatable bonds is 3. The lowest BCUT2D eigenvalue weighted by atomic mass is 9.89. The van der Waals surface area contributed by atoms with Crippen molar-refractivity contribution in [2.75, 3.05) is 31.1 Å². The molecule has 2 aromatic carbocycles. The molecule has 0 radical (unpaired) electrons. The van der Waals surface area contributed by atoms with Crippen LogP contribution in [0.5, 0.6) is 0 Å². The summed E-state index contributed by atoms with van der Waals surface area (Å²) >= 11 is 6.32. The van der Waals surface area contributed by atoms with Crippen LogP contribution in [0.15, 0.2) is 42.5 Å². The molecule has 0 bridgehead atoms. The van der Waals surface area contributed by atoms with Crippen molar-refractivity contribution in [3.05, 3.63) is 64.4 Å². The van der Waals surface area contributed by atoms with Crippen molar-refractivity contribution in [3.8, 4) is 0 Å². The van der Waals surface area contributed by atoms with Crippen molar-refractivity contribution in [2.24, 2.45) is 0 Å². The molecule has 35 heavy (non-hydrogen) atoms. The van der Waals surface area contributed by atoms with Crippen LogP contribution in [0.25, 0.3) is 16.6 Å². The lowest BCUT2D eigenvalue weighted by Gasteiger charge is -2.36. The van der Waals surface area contributed by atoms with Gasteiger partial charge in [0.25, 0.3) is 5.91 Å². The Morgan fingerprint density at radius 3 is 2.54 bits per heavy atom. The molecule has 7 nitrogen and oxygen atoms in total. The second-order valence-corrected chi connectivity index (χ2v) is 10.2. The molecule has 0 atom stereocenters. The van der Waals surface area contributed by atoms with Gasteiger partial charge in [-0.05, 0) is 50.1 Å². The highest BCUT2D eigenvalue weighted by Crippen LogP contribution is 2.35.